The minimum atomic E-state index is -3.05. The molecular weight excluding hydrogens is 273 g/mol. The number of benzene rings is 1. The molecule has 5 nitrogen and oxygen atoms in total. The van der Waals surface area contributed by atoms with Gasteiger partial charge in [0.15, 0.2) is 0 Å². The van der Waals surface area contributed by atoms with E-state index in [1.165, 1.54) is 19.2 Å². The van der Waals surface area contributed by atoms with E-state index in [4.69, 9.17) is 4.74 Å². The van der Waals surface area contributed by atoms with Crippen LogP contribution in [0.15, 0.2) is 18.2 Å². The Balaban J connectivity index is 2.54. The predicted molar refractivity (Wildman–Crippen MR) is 69.6 cm³/mol. The Morgan fingerprint density at radius 1 is 1.42 bits per heavy atom. The van der Waals surface area contributed by atoms with Gasteiger partial charge < -0.3 is 10.1 Å². The number of sulfone groups is 1. The topological polar surface area (TPSA) is 72.5 Å². The molecule has 1 rings (SSSR count). The lowest BCUT2D eigenvalue weighted by atomic mass is 10.2. The average molecular weight is 289 g/mol. The van der Waals surface area contributed by atoms with Crippen LogP contribution in [0.5, 0.6) is 5.75 Å². The summed E-state index contributed by atoms with van der Waals surface area (Å²) in [7, 11) is -1.64. The van der Waals surface area contributed by atoms with Crippen molar-refractivity contribution in [2.75, 3.05) is 25.7 Å². The first-order valence-corrected chi connectivity index (χ1v) is 7.69. The van der Waals surface area contributed by atoms with Crippen molar-refractivity contribution in [3.63, 3.8) is 0 Å². The summed E-state index contributed by atoms with van der Waals surface area (Å²) < 4.78 is 40.1. The van der Waals surface area contributed by atoms with E-state index in [1.54, 1.807) is 0 Å². The van der Waals surface area contributed by atoms with Gasteiger partial charge in [-0.1, -0.05) is 0 Å². The minimum absolute atomic E-state index is 0.0155. The Labute approximate surface area is 111 Å². The van der Waals surface area contributed by atoms with E-state index in [-0.39, 0.29) is 17.9 Å². The van der Waals surface area contributed by atoms with Gasteiger partial charge in [-0.2, -0.15) is 0 Å². The Bertz CT molecular complexity index is 557. The standard InChI is InChI=1S/C12H16FNO4S/c1-18-9-4-5-10(11(13)8-9)12(15)14-6-3-7-19(2,16)17/h4-5,8H,3,6-7H2,1-2H3,(H,14,15). The first kappa shape index (κ1) is 15.4. The van der Waals surface area contributed by atoms with Crippen LogP contribution in [-0.4, -0.2) is 40.0 Å². The largest absolute Gasteiger partial charge is 0.497 e. The smallest absolute Gasteiger partial charge is 0.254 e. The molecule has 1 N–H and O–H groups in total. The third-order valence-electron chi connectivity index (χ3n) is 2.40. The fourth-order valence-electron chi connectivity index (χ4n) is 1.44. The van der Waals surface area contributed by atoms with Crippen molar-refractivity contribution in [3.05, 3.63) is 29.6 Å². The van der Waals surface area contributed by atoms with E-state index in [0.29, 0.717) is 12.2 Å². The second kappa shape index (κ2) is 6.51. The minimum Gasteiger partial charge on any atom is -0.497 e. The predicted octanol–water partition coefficient (Wildman–Crippen LogP) is 0.999. The number of carbonyl (C=O) groups is 1. The molecule has 0 saturated carbocycles. The van der Waals surface area contributed by atoms with Crippen molar-refractivity contribution in [1.82, 2.24) is 5.32 Å². The van der Waals surface area contributed by atoms with Crippen molar-refractivity contribution < 1.29 is 22.3 Å². The molecule has 1 amide bonds. The normalized spacial score (nSPS) is 11.1. The highest BCUT2D eigenvalue weighted by atomic mass is 32.2. The molecule has 0 spiro atoms. The van der Waals surface area contributed by atoms with Crippen molar-refractivity contribution in [2.24, 2.45) is 0 Å². The molecule has 0 atom stereocenters. The molecule has 1 aromatic carbocycles. The second-order valence-electron chi connectivity index (χ2n) is 4.09. The van der Waals surface area contributed by atoms with E-state index >= 15 is 0 Å². The lowest BCUT2D eigenvalue weighted by Crippen LogP contribution is -2.26. The molecule has 1 aromatic rings. The van der Waals surface area contributed by atoms with Crippen LogP contribution in [0, 0.1) is 5.82 Å². The van der Waals surface area contributed by atoms with Gasteiger partial charge in [-0.25, -0.2) is 12.8 Å². The molecule has 0 aliphatic carbocycles. The van der Waals surface area contributed by atoms with Gasteiger partial charge in [0.25, 0.3) is 5.91 Å². The highest BCUT2D eigenvalue weighted by Gasteiger charge is 2.12. The van der Waals surface area contributed by atoms with Gasteiger partial charge in [-0.3, -0.25) is 4.79 Å². The molecule has 0 bridgehead atoms. The number of hydrogen-bond donors (Lipinski definition) is 1. The van der Waals surface area contributed by atoms with Crippen LogP contribution in [0.1, 0.15) is 16.8 Å². The number of halogens is 1. The summed E-state index contributed by atoms with van der Waals surface area (Å²) >= 11 is 0. The number of amides is 1. The van der Waals surface area contributed by atoms with Crippen LogP contribution < -0.4 is 10.1 Å². The van der Waals surface area contributed by atoms with Crippen LogP contribution in [-0.2, 0) is 9.84 Å². The summed E-state index contributed by atoms with van der Waals surface area (Å²) in [6.07, 6.45) is 1.42. The molecule has 0 heterocycles. The Kier molecular flexibility index (Phi) is 5.29. The summed E-state index contributed by atoms with van der Waals surface area (Å²) in [4.78, 5) is 11.6. The van der Waals surface area contributed by atoms with Crippen LogP contribution in [0.3, 0.4) is 0 Å². The molecule has 0 fully saturated rings. The van der Waals surface area contributed by atoms with Crippen molar-refractivity contribution in [2.45, 2.75) is 6.42 Å². The number of hydrogen-bond acceptors (Lipinski definition) is 4. The van der Waals surface area contributed by atoms with Gasteiger partial charge in [0.05, 0.1) is 18.4 Å². The summed E-state index contributed by atoms with van der Waals surface area (Å²) in [5.74, 6) is -0.946. The average Bonchev–Trinajstić information content (AvgIpc) is 2.33. The maximum absolute atomic E-state index is 13.5. The van der Waals surface area contributed by atoms with Gasteiger partial charge in [0.1, 0.15) is 21.4 Å². The Morgan fingerprint density at radius 2 is 2.11 bits per heavy atom. The number of nitrogens with one attached hydrogen (secondary N) is 1. The number of rotatable bonds is 6. The fourth-order valence-corrected chi connectivity index (χ4v) is 2.11. The molecule has 19 heavy (non-hydrogen) atoms. The summed E-state index contributed by atoms with van der Waals surface area (Å²) in [6, 6.07) is 3.92. The molecule has 0 radical (unpaired) electrons. The van der Waals surface area contributed by atoms with E-state index in [2.05, 4.69) is 5.32 Å². The monoisotopic (exact) mass is 289 g/mol. The van der Waals surface area contributed by atoms with Gasteiger partial charge in [-0.15, -0.1) is 0 Å². The van der Waals surface area contributed by atoms with Gasteiger partial charge in [-0.05, 0) is 18.6 Å². The zero-order valence-corrected chi connectivity index (χ0v) is 11.6. The van der Waals surface area contributed by atoms with Crippen LogP contribution >= 0.6 is 0 Å². The van der Waals surface area contributed by atoms with E-state index in [9.17, 15) is 17.6 Å². The van der Waals surface area contributed by atoms with Gasteiger partial charge >= 0.3 is 0 Å². The maximum Gasteiger partial charge on any atom is 0.254 e. The lowest BCUT2D eigenvalue weighted by molar-refractivity contribution is 0.0949. The van der Waals surface area contributed by atoms with Crippen molar-refractivity contribution >= 4 is 15.7 Å². The molecular formula is C12H16FNO4S. The van der Waals surface area contributed by atoms with Crippen molar-refractivity contribution in [3.8, 4) is 5.75 Å². The Hall–Kier alpha value is -1.63. The summed E-state index contributed by atoms with van der Waals surface area (Å²) in [5, 5.41) is 2.47. The Morgan fingerprint density at radius 3 is 2.63 bits per heavy atom. The third kappa shape index (κ3) is 5.25. The molecule has 106 valence electrons. The molecule has 0 aliphatic rings. The van der Waals surface area contributed by atoms with Gasteiger partial charge in [0, 0.05) is 18.9 Å². The highest BCUT2D eigenvalue weighted by molar-refractivity contribution is 7.90. The second-order valence-corrected chi connectivity index (χ2v) is 6.34. The lowest BCUT2D eigenvalue weighted by Gasteiger charge is -2.07. The zero-order valence-electron chi connectivity index (χ0n) is 10.8. The third-order valence-corrected chi connectivity index (χ3v) is 3.43. The summed E-state index contributed by atoms with van der Waals surface area (Å²) in [5.41, 5.74) is -0.0971. The first-order chi connectivity index (χ1) is 8.83. The van der Waals surface area contributed by atoms with Crippen LogP contribution in [0.25, 0.3) is 0 Å². The first-order valence-electron chi connectivity index (χ1n) is 5.63. The number of methoxy groups -OCH3 is 1. The molecule has 0 aliphatic heterocycles. The summed E-state index contributed by atoms with van der Waals surface area (Å²) in [6.45, 7) is 0.178. The molecule has 0 unspecified atom stereocenters. The van der Waals surface area contributed by atoms with E-state index in [1.807, 2.05) is 0 Å². The van der Waals surface area contributed by atoms with Gasteiger partial charge in [0.2, 0.25) is 0 Å². The van der Waals surface area contributed by atoms with Crippen LogP contribution in [0.2, 0.25) is 0 Å². The van der Waals surface area contributed by atoms with E-state index in [0.717, 1.165) is 12.3 Å². The van der Waals surface area contributed by atoms with Crippen molar-refractivity contribution in [1.29, 1.82) is 0 Å². The highest BCUT2D eigenvalue weighted by Crippen LogP contribution is 2.15. The van der Waals surface area contributed by atoms with E-state index < -0.39 is 21.6 Å². The fraction of sp³-hybridized carbons (Fsp3) is 0.417. The SMILES string of the molecule is COc1ccc(C(=O)NCCCS(C)(=O)=O)c(F)c1. The maximum atomic E-state index is 13.5. The molecule has 0 aromatic heterocycles. The van der Waals surface area contributed by atoms with Crippen LogP contribution in [0.4, 0.5) is 4.39 Å². The molecule has 7 heteroatoms. The number of carbonyl (C=O) groups excluding carboxylic acids is 1. The quantitative estimate of drug-likeness (QED) is 0.793. The zero-order chi connectivity index (χ0) is 14.5. The number of ether oxygens (including phenoxy) is 1. The molecule has 0 saturated heterocycles.